The molecule has 1 heterocycles. The summed E-state index contributed by atoms with van der Waals surface area (Å²) in [5.41, 5.74) is -2.48. The zero-order valence-electron chi connectivity index (χ0n) is 23.1. The lowest BCUT2D eigenvalue weighted by molar-refractivity contribution is -0.189. The van der Waals surface area contributed by atoms with Crippen LogP contribution in [-0.2, 0) is 14.3 Å². The third-order valence-corrected chi connectivity index (χ3v) is 10.9. The zero-order valence-corrected chi connectivity index (χ0v) is 23.1. The molecule has 0 unspecified atom stereocenters. The van der Waals surface area contributed by atoms with Gasteiger partial charge in [0.2, 0.25) is 0 Å². The van der Waals surface area contributed by atoms with Gasteiger partial charge in [-0.3, -0.25) is 4.79 Å². The molecule has 3 N–H and O–H groups in total. The molecule has 5 rings (SSSR count). The van der Waals surface area contributed by atoms with Gasteiger partial charge in [0.25, 0.3) is 0 Å². The lowest BCUT2D eigenvalue weighted by Crippen LogP contribution is -2.61. The predicted octanol–water partition coefficient (Wildman–Crippen LogP) is 4.46. The molecule has 0 amide bonds. The Morgan fingerprint density at radius 2 is 1.78 bits per heavy atom. The fourth-order valence-electron chi connectivity index (χ4n) is 9.02. The Hall–Kier alpha value is -1.05. The highest BCUT2D eigenvalue weighted by Gasteiger charge is 2.70. The Bertz CT molecular complexity index is 992. The number of fused-ring (bicyclic) bond motifs is 5. The van der Waals surface area contributed by atoms with E-state index in [0.29, 0.717) is 25.7 Å². The van der Waals surface area contributed by atoms with Crippen molar-refractivity contribution in [1.29, 1.82) is 0 Å². The van der Waals surface area contributed by atoms with Crippen molar-refractivity contribution in [3.8, 4) is 0 Å². The largest absolute Gasteiger partial charge is 0.390 e. The van der Waals surface area contributed by atoms with Crippen LogP contribution in [0.25, 0.3) is 0 Å². The second-order valence-corrected chi connectivity index (χ2v) is 14.2. The summed E-state index contributed by atoms with van der Waals surface area (Å²) in [6.45, 7) is 14.0. The summed E-state index contributed by atoms with van der Waals surface area (Å²) in [7, 11) is 0. The van der Waals surface area contributed by atoms with E-state index in [4.69, 9.17) is 9.47 Å². The number of aliphatic hydroxyl groups excluding tert-OH is 1. The molecule has 202 valence electrons. The third kappa shape index (κ3) is 3.73. The van der Waals surface area contributed by atoms with Crippen LogP contribution < -0.4 is 0 Å². The SMILES string of the molecule is CC(C)(O)CC[C@H]1OC(C)(C)O[C@]1(C)[C@H]1CC[C@@]2(O)C3=CC(=O)[C@@H]4C[C@@H](O)C=C[C@]4(C)[C@H]3CC[C@]12C. The van der Waals surface area contributed by atoms with E-state index in [1.807, 2.05) is 39.8 Å². The Balaban J connectivity index is 1.51. The molecule has 6 nitrogen and oxygen atoms in total. The predicted molar refractivity (Wildman–Crippen MR) is 137 cm³/mol. The molecule has 0 spiro atoms. The molecule has 1 saturated heterocycles. The Labute approximate surface area is 216 Å². The molecule has 0 aromatic heterocycles. The van der Waals surface area contributed by atoms with Gasteiger partial charge in [-0.25, -0.2) is 0 Å². The molecule has 5 aliphatic rings. The minimum atomic E-state index is -1.09. The number of hydrogen-bond donors (Lipinski definition) is 3. The van der Waals surface area contributed by atoms with Crippen LogP contribution in [0.5, 0.6) is 0 Å². The van der Waals surface area contributed by atoms with Gasteiger partial charge in [-0.05, 0) is 103 Å². The summed E-state index contributed by atoms with van der Waals surface area (Å²) in [5, 5.41) is 33.2. The second kappa shape index (κ2) is 7.98. The molecular formula is C30H46O6. The van der Waals surface area contributed by atoms with Crippen molar-refractivity contribution in [1.82, 2.24) is 0 Å². The first-order valence-electron chi connectivity index (χ1n) is 13.9. The molecule has 3 fully saturated rings. The molecule has 2 saturated carbocycles. The first kappa shape index (κ1) is 26.6. The molecule has 6 heteroatoms. The van der Waals surface area contributed by atoms with Crippen molar-refractivity contribution in [3.63, 3.8) is 0 Å². The monoisotopic (exact) mass is 502 g/mol. The molecule has 36 heavy (non-hydrogen) atoms. The first-order chi connectivity index (χ1) is 16.5. The summed E-state index contributed by atoms with van der Waals surface area (Å²) in [6, 6.07) is 0. The highest BCUT2D eigenvalue weighted by Crippen LogP contribution is 2.69. The Kier molecular flexibility index (Phi) is 5.89. The average molecular weight is 503 g/mol. The second-order valence-electron chi connectivity index (χ2n) is 14.2. The molecular weight excluding hydrogens is 456 g/mol. The highest BCUT2D eigenvalue weighted by atomic mass is 16.8. The fraction of sp³-hybridized carbons (Fsp3) is 0.833. The van der Waals surface area contributed by atoms with Crippen molar-refractivity contribution in [3.05, 3.63) is 23.8 Å². The summed E-state index contributed by atoms with van der Waals surface area (Å²) < 4.78 is 13.1. The van der Waals surface area contributed by atoms with Crippen molar-refractivity contribution < 1.29 is 29.6 Å². The minimum Gasteiger partial charge on any atom is -0.390 e. The van der Waals surface area contributed by atoms with Crippen molar-refractivity contribution >= 4 is 5.78 Å². The van der Waals surface area contributed by atoms with E-state index in [1.54, 1.807) is 6.08 Å². The number of aliphatic hydroxyl groups is 3. The van der Waals surface area contributed by atoms with Gasteiger partial charge < -0.3 is 24.8 Å². The van der Waals surface area contributed by atoms with Crippen LogP contribution in [0.4, 0.5) is 0 Å². The van der Waals surface area contributed by atoms with Gasteiger partial charge in [0.05, 0.1) is 29.0 Å². The van der Waals surface area contributed by atoms with Crippen LogP contribution in [0, 0.1) is 28.6 Å². The lowest BCUT2D eigenvalue weighted by atomic mass is 9.47. The van der Waals surface area contributed by atoms with Gasteiger partial charge >= 0.3 is 0 Å². The van der Waals surface area contributed by atoms with Gasteiger partial charge in [-0.2, -0.15) is 0 Å². The van der Waals surface area contributed by atoms with Gasteiger partial charge in [-0.15, -0.1) is 0 Å². The van der Waals surface area contributed by atoms with Crippen LogP contribution in [0.15, 0.2) is 23.8 Å². The Morgan fingerprint density at radius 3 is 2.44 bits per heavy atom. The van der Waals surface area contributed by atoms with Crippen LogP contribution in [-0.4, -0.2) is 55.9 Å². The van der Waals surface area contributed by atoms with E-state index in [-0.39, 0.29) is 35.1 Å². The quantitative estimate of drug-likeness (QED) is 0.492. The lowest BCUT2D eigenvalue weighted by Gasteiger charge is -2.59. The highest BCUT2D eigenvalue weighted by molar-refractivity contribution is 5.95. The average Bonchev–Trinajstić information content (AvgIpc) is 3.17. The number of ketones is 1. The number of carbonyl (C=O) groups excluding carboxylic acids is 1. The number of allylic oxidation sites excluding steroid dienone is 2. The molecule has 0 radical (unpaired) electrons. The number of carbonyl (C=O) groups is 1. The van der Waals surface area contributed by atoms with E-state index in [0.717, 1.165) is 24.8 Å². The molecule has 9 atom stereocenters. The van der Waals surface area contributed by atoms with E-state index in [9.17, 15) is 20.1 Å². The normalized spacial score (nSPS) is 49.9. The van der Waals surface area contributed by atoms with Crippen LogP contribution in [0.3, 0.4) is 0 Å². The van der Waals surface area contributed by atoms with E-state index in [2.05, 4.69) is 20.8 Å². The van der Waals surface area contributed by atoms with Crippen LogP contribution in [0.1, 0.15) is 93.4 Å². The third-order valence-electron chi connectivity index (χ3n) is 10.9. The molecule has 1 aliphatic heterocycles. The van der Waals surface area contributed by atoms with E-state index < -0.39 is 34.1 Å². The van der Waals surface area contributed by atoms with E-state index in [1.165, 1.54) is 0 Å². The van der Waals surface area contributed by atoms with E-state index >= 15 is 0 Å². The van der Waals surface area contributed by atoms with Gasteiger partial charge in [0.15, 0.2) is 11.6 Å². The Morgan fingerprint density at radius 1 is 1.08 bits per heavy atom. The maximum atomic E-state index is 13.4. The maximum Gasteiger partial charge on any atom is 0.164 e. The summed E-state index contributed by atoms with van der Waals surface area (Å²) in [4.78, 5) is 13.4. The standard InChI is InChI=1S/C30H46O6/c1-25(2,33)12-11-24-29(7,36-26(3,4)35-24)23-10-15-30(34)20-17-22(32)21-16-18(31)8-13-27(21,5)19(20)9-14-28(23,30)6/h8,13,17-19,21,23-24,31,33-34H,9-12,14-16H2,1-7H3/t18-,19-,21-,23-,24+,27+,28+,29+,30+/m0/s1. The van der Waals surface area contributed by atoms with Gasteiger partial charge in [-0.1, -0.05) is 26.0 Å². The first-order valence-corrected chi connectivity index (χ1v) is 13.9. The summed E-state index contributed by atoms with van der Waals surface area (Å²) in [5.74, 6) is -0.843. The van der Waals surface area contributed by atoms with Crippen molar-refractivity contribution in [2.75, 3.05) is 0 Å². The fourth-order valence-corrected chi connectivity index (χ4v) is 9.02. The summed E-state index contributed by atoms with van der Waals surface area (Å²) in [6.07, 6.45) is 9.65. The molecule has 4 aliphatic carbocycles. The van der Waals surface area contributed by atoms with Crippen molar-refractivity contribution in [2.45, 2.75) is 128 Å². The number of rotatable bonds is 4. The maximum absolute atomic E-state index is 13.4. The molecule has 0 aromatic rings. The van der Waals surface area contributed by atoms with Crippen LogP contribution >= 0.6 is 0 Å². The topological polar surface area (TPSA) is 96.2 Å². The van der Waals surface area contributed by atoms with Crippen LogP contribution in [0.2, 0.25) is 0 Å². The molecule has 0 aromatic carbocycles. The smallest absolute Gasteiger partial charge is 0.164 e. The van der Waals surface area contributed by atoms with Crippen molar-refractivity contribution in [2.24, 2.45) is 28.6 Å². The minimum absolute atomic E-state index is 0.0316. The summed E-state index contributed by atoms with van der Waals surface area (Å²) >= 11 is 0. The zero-order chi connectivity index (χ0) is 26.5. The number of hydrogen-bond acceptors (Lipinski definition) is 6. The van der Waals surface area contributed by atoms with Gasteiger partial charge in [0, 0.05) is 16.7 Å². The number of ether oxygens (including phenoxy) is 2. The molecule has 0 bridgehead atoms. The van der Waals surface area contributed by atoms with Gasteiger partial charge in [0.1, 0.15) is 0 Å².